The van der Waals surface area contributed by atoms with Gasteiger partial charge >= 0.3 is 11.7 Å². The summed E-state index contributed by atoms with van der Waals surface area (Å²) < 4.78 is 29.1. The predicted molar refractivity (Wildman–Crippen MR) is 107 cm³/mol. The van der Waals surface area contributed by atoms with Gasteiger partial charge in [0.2, 0.25) is 0 Å². The van der Waals surface area contributed by atoms with E-state index in [2.05, 4.69) is 15.7 Å². The third-order valence-electron chi connectivity index (χ3n) is 4.86. The molecule has 7 nitrogen and oxygen atoms in total. The molecule has 0 radical (unpaired) electrons. The molecule has 1 fully saturated rings. The molecule has 0 atom stereocenters. The summed E-state index contributed by atoms with van der Waals surface area (Å²) in [6.07, 6.45) is 1.81. The van der Waals surface area contributed by atoms with Gasteiger partial charge in [0.05, 0.1) is 6.54 Å². The van der Waals surface area contributed by atoms with Gasteiger partial charge in [-0.05, 0) is 54.8 Å². The van der Waals surface area contributed by atoms with Crippen molar-refractivity contribution >= 4 is 6.03 Å². The number of benzene rings is 2. The first kappa shape index (κ1) is 19.8. The van der Waals surface area contributed by atoms with E-state index in [1.807, 2.05) is 0 Å². The van der Waals surface area contributed by atoms with Crippen LogP contribution < -0.4 is 16.3 Å². The molecule has 0 bridgehead atoms. The summed E-state index contributed by atoms with van der Waals surface area (Å²) in [5, 5.41) is 9.76. The second kappa shape index (κ2) is 8.48. The molecule has 1 heterocycles. The van der Waals surface area contributed by atoms with Crippen molar-refractivity contribution in [1.82, 2.24) is 25.0 Å². The van der Waals surface area contributed by atoms with Crippen LogP contribution in [0, 0.1) is 11.6 Å². The van der Waals surface area contributed by atoms with Gasteiger partial charge in [0.15, 0.2) is 5.82 Å². The number of halogens is 2. The highest BCUT2D eigenvalue weighted by atomic mass is 19.1. The molecular formula is C21H21F2N5O2. The number of hydrogen-bond donors (Lipinski definition) is 2. The van der Waals surface area contributed by atoms with E-state index < -0.39 is 6.03 Å². The molecule has 9 heteroatoms. The van der Waals surface area contributed by atoms with Crippen LogP contribution in [0.5, 0.6) is 0 Å². The van der Waals surface area contributed by atoms with Crippen molar-refractivity contribution in [2.45, 2.75) is 32.0 Å². The number of nitrogens with zero attached hydrogens (tertiary/aromatic N) is 3. The van der Waals surface area contributed by atoms with Crippen LogP contribution in [-0.2, 0) is 13.1 Å². The van der Waals surface area contributed by atoms with Crippen molar-refractivity contribution in [2.75, 3.05) is 6.54 Å². The summed E-state index contributed by atoms with van der Waals surface area (Å²) in [6, 6.07) is 11.4. The van der Waals surface area contributed by atoms with E-state index in [9.17, 15) is 18.4 Å². The maximum absolute atomic E-state index is 13.2. The zero-order valence-corrected chi connectivity index (χ0v) is 16.1. The maximum atomic E-state index is 13.2. The van der Waals surface area contributed by atoms with E-state index in [1.165, 1.54) is 28.9 Å². The summed E-state index contributed by atoms with van der Waals surface area (Å²) >= 11 is 0. The molecule has 1 saturated carbocycles. The largest absolute Gasteiger partial charge is 0.346 e. The highest BCUT2D eigenvalue weighted by Gasteiger charge is 2.30. The lowest BCUT2D eigenvalue weighted by Crippen LogP contribution is -2.38. The van der Waals surface area contributed by atoms with Crippen LogP contribution >= 0.6 is 0 Å². The molecule has 3 aromatic rings. The normalized spacial score (nSPS) is 13.3. The van der Waals surface area contributed by atoms with E-state index in [1.54, 1.807) is 28.8 Å². The monoisotopic (exact) mass is 413 g/mol. The Hall–Kier alpha value is -3.49. The molecule has 0 spiro atoms. The van der Waals surface area contributed by atoms with Crippen molar-refractivity contribution in [3.8, 4) is 11.4 Å². The molecule has 2 aromatic carbocycles. The van der Waals surface area contributed by atoms with Crippen molar-refractivity contribution in [1.29, 1.82) is 0 Å². The quantitative estimate of drug-likeness (QED) is 0.625. The summed E-state index contributed by atoms with van der Waals surface area (Å²) in [7, 11) is 0. The fraction of sp³-hybridized carbons (Fsp3) is 0.286. The van der Waals surface area contributed by atoms with Crippen molar-refractivity contribution in [2.24, 2.45) is 0 Å². The Morgan fingerprint density at radius 3 is 2.27 bits per heavy atom. The SMILES string of the molecule is O=C(NCCn1nc(-c2ccc(F)cc2)n(C2CC2)c1=O)NCc1ccc(F)cc1. The second-order valence-corrected chi connectivity index (χ2v) is 7.17. The Morgan fingerprint density at radius 1 is 1.00 bits per heavy atom. The number of nitrogens with one attached hydrogen (secondary N) is 2. The first-order valence-corrected chi connectivity index (χ1v) is 9.72. The van der Waals surface area contributed by atoms with Gasteiger partial charge in [-0.2, -0.15) is 0 Å². The van der Waals surface area contributed by atoms with Gasteiger partial charge in [-0.15, -0.1) is 5.10 Å². The Labute approximate surface area is 171 Å². The van der Waals surface area contributed by atoms with Gasteiger partial charge in [-0.25, -0.2) is 23.1 Å². The first-order valence-electron chi connectivity index (χ1n) is 9.72. The molecule has 4 rings (SSSR count). The van der Waals surface area contributed by atoms with Gasteiger partial charge in [-0.3, -0.25) is 4.57 Å². The van der Waals surface area contributed by atoms with Gasteiger partial charge in [0, 0.05) is 24.7 Å². The van der Waals surface area contributed by atoms with E-state index >= 15 is 0 Å². The van der Waals surface area contributed by atoms with Gasteiger partial charge in [0.1, 0.15) is 11.6 Å². The molecule has 0 unspecified atom stereocenters. The number of carbonyl (C=O) groups excluding carboxylic acids is 1. The third-order valence-corrected chi connectivity index (χ3v) is 4.86. The number of aromatic nitrogens is 3. The van der Waals surface area contributed by atoms with Crippen LogP contribution in [0.3, 0.4) is 0 Å². The summed E-state index contributed by atoms with van der Waals surface area (Å²) in [5.41, 5.74) is 1.20. The number of hydrogen-bond acceptors (Lipinski definition) is 3. The molecule has 0 aliphatic heterocycles. The van der Waals surface area contributed by atoms with E-state index in [0.717, 1.165) is 18.4 Å². The average Bonchev–Trinajstić information content (AvgIpc) is 3.52. The lowest BCUT2D eigenvalue weighted by molar-refractivity contribution is 0.240. The van der Waals surface area contributed by atoms with Gasteiger partial charge < -0.3 is 10.6 Å². The lowest BCUT2D eigenvalue weighted by atomic mass is 10.2. The third kappa shape index (κ3) is 4.56. The predicted octanol–water partition coefficient (Wildman–Crippen LogP) is 2.82. The minimum Gasteiger partial charge on any atom is -0.336 e. The van der Waals surface area contributed by atoms with E-state index in [-0.39, 0.29) is 43.0 Å². The zero-order valence-electron chi connectivity index (χ0n) is 16.1. The van der Waals surface area contributed by atoms with Crippen LogP contribution in [0.1, 0.15) is 24.4 Å². The average molecular weight is 413 g/mol. The minimum absolute atomic E-state index is 0.110. The molecule has 1 aromatic heterocycles. The summed E-state index contributed by atoms with van der Waals surface area (Å²) in [6.45, 7) is 0.674. The molecule has 1 aliphatic rings. The molecule has 2 amide bonds. The summed E-state index contributed by atoms with van der Waals surface area (Å²) in [4.78, 5) is 24.7. The van der Waals surface area contributed by atoms with Gasteiger partial charge in [0.25, 0.3) is 0 Å². The topological polar surface area (TPSA) is 81.0 Å². The van der Waals surface area contributed by atoms with Crippen molar-refractivity contribution in [3.63, 3.8) is 0 Å². The Balaban J connectivity index is 1.37. The fourth-order valence-corrected chi connectivity index (χ4v) is 3.15. The highest BCUT2D eigenvalue weighted by Crippen LogP contribution is 2.36. The smallest absolute Gasteiger partial charge is 0.336 e. The van der Waals surface area contributed by atoms with Crippen LogP contribution in [0.15, 0.2) is 53.3 Å². The van der Waals surface area contributed by atoms with Gasteiger partial charge in [-0.1, -0.05) is 12.1 Å². The number of amides is 2. The van der Waals surface area contributed by atoms with E-state index in [4.69, 9.17) is 0 Å². The Morgan fingerprint density at radius 2 is 1.63 bits per heavy atom. The van der Waals surface area contributed by atoms with Crippen LogP contribution in [0.25, 0.3) is 11.4 Å². The van der Waals surface area contributed by atoms with Crippen LogP contribution in [0.2, 0.25) is 0 Å². The number of carbonyl (C=O) groups is 1. The minimum atomic E-state index is -0.396. The molecule has 156 valence electrons. The van der Waals surface area contributed by atoms with Crippen LogP contribution in [-0.4, -0.2) is 26.9 Å². The summed E-state index contributed by atoms with van der Waals surface area (Å²) in [5.74, 6) is -0.183. The first-order chi connectivity index (χ1) is 14.5. The Kier molecular flexibility index (Phi) is 5.60. The second-order valence-electron chi connectivity index (χ2n) is 7.17. The molecule has 0 saturated heterocycles. The van der Waals surface area contributed by atoms with Crippen molar-refractivity contribution in [3.05, 3.63) is 76.2 Å². The molecule has 2 N–H and O–H groups in total. The lowest BCUT2D eigenvalue weighted by Gasteiger charge is -2.07. The van der Waals surface area contributed by atoms with Crippen molar-refractivity contribution < 1.29 is 13.6 Å². The number of urea groups is 1. The Bertz CT molecular complexity index is 1090. The molecular weight excluding hydrogens is 392 g/mol. The number of rotatable bonds is 7. The standard InChI is InChI=1S/C21H21F2N5O2/c22-16-5-1-14(2-6-16)13-25-20(29)24-11-12-27-21(30)28(18-9-10-18)19(26-27)15-3-7-17(23)8-4-15/h1-8,18H,9-13H2,(H2,24,25,29). The van der Waals surface area contributed by atoms with Crippen LogP contribution in [0.4, 0.5) is 13.6 Å². The maximum Gasteiger partial charge on any atom is 0.346 e. The van der Waals surface area contributed by atoms with E-state index in [0.29, 0.717) is 11.4 Å². The molecule has 30 heavy (non-hydrogen) atoms. The highest BCUT2D eigenvalue weighted by molar-refractivity contribution is 5.73. The zero-order chi connectivity index (χ0) is 21.1. The fourth-order valence-electron chi connectivity index (χ4n) is 3.15. The molecule has 1 aliphatic carbocycles.